The van der Waals surface area contributed by atoms with Gasteiger partial charge in [-0.25, -0.2) is 4.79 Å². The molecule has 0 fully saturated rings. The first-order chi connectivity index (χ1) is 15.3. The molecule has 0 spiro atoms. The first-order valence-corrected chi connectivity index (χ1v) is 10.5. The number of nitrogens with one attached hydrogen (secondary N) is 1. The van der Waals surface area contributed by atoms with Gasteiger partial charge < -0.3 is 19.0 Å². The fraction of sp³-hybridized carbons (Fsp3) is 0.333. The smallest absolute Gasteiger partial charge is 0.355 e. The third-order valence-electron chi connectivity index (χ3n) is 5.34. The van der Waals surface area contributed by atoms with Gasteiger partial charge in [0.05, 0.1) is 18.9 Å². The standard InChI is InChI=1S/C24H27N3O5/c1-5-31-24(30)21-15(2)20(16(3)26-21)22(28)17(4)27(23(29)19-10-8-14-32-19)13-11-18-9-6-7-12-25-18/h6-10,12,14,17,26H,5,11,13H2,1-4H3/t17-/m1/s1. The second-order valence-corrected chi connectivity index (χ2v) is 7.43. The van der Waals surface area contributed by atoms with Crippen molar-refractivity contribution in [3.8, 4) is 0 Å². The van der Waals surface area contributed by atoms with E-state index in [1.54, 1.807) is 46.0 Å². The van der Waals surface area contributed by atoms with Crippen molar-refractivity contribution >= 4 is 17.7 Å². The number of aromatic nitrogens is 2. The minimum Gasteiger partial charge on any atom is -0.461 e. The van der Waals surface area contributed by atoms with Crippen molar-refractivity contribution in [2.45, 2.75) is 40.2 Å². The van der Waals surface area contributed by atoms with E-state index in [0.717, 1.165) is 5.69 Å². The van der Waals surface area contributed by atoms with Crippen LogP contribution in [0.25, 0.3) is 0 Å². The fourth-order valence-electron chi connectivity index (χ4n) is 3.67. The van der Waals surface area contributed by atoms with Crippen LogP contribution in [0.2, 0.25) is 0 Å². The van der Waals surface area contributed by atoms with Crippen LogP contribution in [0.3, 0.4) is 0 Å². The molecule has 1 amide bonds. The van der Waals surface area contributed by atoms with Gasteiger partial charge in [0.1, 0.15) is 5.69 Å². The van der Waals surface area contributed by atoms with Gasteiger partial charge in [0.2, 0.25) is 0 Å². The van der Waals surface area contributed by atoms with Gasteiger partial charge in [0, 0.05) is 36.1 Å². The van der Waals surface area contributed by atoms with E-state index < -0.39 is 12.0 Å². The van der Waals surface area contributed by atoms with E-state index in [0.29, 0.717) is 23.2 Å². The number of ketones is 1. The lowest BCUT2D eigenvalue weighted by Gasteiger charge is -2.28. The normalized spacial score (nSPS) is 11.8. The zero-order valence-corrected chi connectivity index (χ0v) is 18.7. The summed E-state index contributed by atoms with van der Waals surface area (Å²) in [7, 11) is 0. The highest BCUT2D eigenvalue weighted by atomic mass is 16.5. The van der Waals surface area contributed by atoms with Crippen LogP contribution >= 0.6 is 0 Å². The Bertz CT molecular complexity index is 1090. The van der Waals surface area contributed by atoms with Crippen LogP contribution in [0, 0.1) is 13.8 Å². The molecule has 8 nitrogen and oxygen atoms in total. The molecule has 0 saturated carbocycles. The van der Waals surface area contributed by atoms with E-state index >= 15 is 0 Å². The summed E-state index contributed by atoms with van der Waals surface area (Å²) in [5.41, 5.74) is 2.50. The topological polar surface area (TPSA) is 106 Å². The molecule has 0 aliphatic rings. The maximum atomic E-state index is 13.5. The van der Waals surface area contributed by atoms with Crippen LogP contribution in [0.15, 0.2) is 47.2 Å². The number of rotatable bonds is 9. The number of hydrogen-bond donors (Lipinski definition) is 1. The Morgan fingerprint density at radius 3 is 2.59 bits per heavy atom. The van der Waals surface area contributed by atoms with E-state index in [-0.39, 0.29) is 36.3 Å². The Labute approximate surface area is 186 Å². The molecule has 1 N–H and O–H groups in total. The number of nitrogens with zero attached hydrogens (tertiary/aromatic N) is 2. The number of esters is 1. The Kier molecular flexibility index (Phi) is 7.25. The molecule has 1 atom stereocenters. The molecular weight excluding hydrogens is 410 g/mol. The van der Waals surface area contributed by atoms with Gasteiger partial charge in [-0.05, 0) is 57.5 Å². The summed E-state index contributed by atoms with van der Waals surface area (Å²) < 4.78 is 10.4. The first-order valence-electron chi connectivity index (χ1n) is 10.5. The van der Waals surface area contributed by atoms with Crippen LogP contribution in [0.4, 0.5) is 0 Å². The van der Waals surface area contributed by atoms with Crippen LogP contribution in [-0.2, 0) is 11.2 Å². The molecule has 0 unspecified atom stereocenters. The molecule has 3 rings (SSSR count). The van der Waals surface area contributed by atoms with Gasteiger partial charge in [-0.15, -0.1) is 0 Å². The molecule has 3 aromatic heterocycles. The highest BCUT2D eigenvalue weighted by Gasteiger charge is 2.32. The molecule has 0 radical (unpaired) electrons. The highest BCUT2D eigenvalue weighted by Crippen LogP contribution is 2.23. The van der Waals surface area contributed by atoms with Crippen LogP contribution in [-0.4, -0.2) is 51.7 Å². The molecule has 0 aliphatic heterocycles. The number of aryl methyl sites for hydroxylation is 1. The summed E-state index contributed by atoms with van der Waals surface area (Å²) >= 11 is 0. The van der Waals surface area contributed by atoms with Crippen molar-refractivity contribution in [3.05, 3.63) is 76.8 Å². The monoisotopic (exact) mass is 437 g/mol. The second kappa shape index (κ2) is 10.1. The van der Waals surface area contributed by atoms with Crippen LogP contribution < -0.4 is 0 Å². The Balaban J connectivity index is 1.90. The van der Waals surface area contributed by atoms with Crippen molar-refractivity contribution in [1.82, 2.24) is 14.9 Å². The van der Waals surface area contributed by atoms with Gasteiger partial charge in [-0.1, -0.05) is 6.07 Å². The summed E-state index contributed by atoms with van der Waals surface area (Å²) in [5.74, 6) is -1.02. The van der Waals surface area contributed by atoms with Gasteiger partial charge >= 0.3 is 5.97 Å². The third-order valence-corrected chi connectivity index (χ3v) is 5.34. The van der Waals surface area contributed by atoms with E-state index in [1.165, 1.54) is 11.2 Å². The summed E-state index contributed by atoms with van der Waals surface area (Å²) in [6.07, 6.45) is 3.58. The number of Topliss-reactive ketones (excluding diaryl/α,β-unsaturated/α-hetero) is 1. The highest BCUT2D eigenvalue weighted by molar-refractivity contribution is 6.07. The average molecular weight is 437 g/mol. The predicted octanol–water partition coefficient (Wildman–Crippen LogP) is 3.75. The zero-order chi connectivity index (χ0) is 23.3. The van der Waals surface area contributed by atoms with E-state index in [4.69, 9.17) is 9.15 Å². The van der Waals surface area contributed by atoms with Gasteiger partial charge in [0.15, 0.2) is 11.5 Å². The zero-order valence-electron chi connectivity index (χ0n) is 18.7. The number of amides is 1. The molecule has 0 bridgehead atoms. The molecule has 0 aromatic carbocycles. The lowest BCUT2D eigenvalue weighted by atomic mass is 9.99. The largest absolute Gasteiger partial charge is 0.461 e. The SMILES string of the molecule is CCOC(=O)c1[nH]c(C)c(C(=O)[C@@H](C)N(CCc2ccccn2)C(=O)c2ccco2)c1C. The van der Waals surface area contributed by atoms with Crippen molar-refractivity contribution in [2.24, 2.45) is 0 Å². The van der Waals surface area contributed by atoms with Gasteiger partial charge in [-0.3, -0.25) is 14.6 Å². The lowest BCUT2D eigenvalue weighted by Crippen LogP contribution is -2.44. The van der Waals surface area contributed by atoms with Crippen LogP contribution in [0.5, 0.6) is 0 Å². The quantitative estimate of drug-likeness (QED) is 0.404. The molecule has 3 aromatic rings. The van der Waals surface area contributed by atoms with E-state index in [1.807, 2.05) is 18.2 Å². The number of carbonyl (C=O) groups excluding carboxylic acids is 3. The first kappa shape index (κ1) is 23.0. The molecule has 168 valence electrons. The molecular formula is C24H27N3O5. The van der Waals surface area contributed by atoms with Gasteiger partial charge in [-0.2, -0.15) is 0 Å². The number of hydrogen-bond acceptors (Lipinski definition) is 6. The minimum absolute atomic E-state index is 0.153. The Morgan fingerprint density at radius 2 is 1.97 bits per heavy atom. The number of ether oxygens (including phenoxy) is 1. The van der Waals surface area contributed by atoms with Crippen molar-refractivity contribution < 1.29 is 23.5 Å². The Morgan fingerprint density at radius 1 is 1.19 bits per heavy atom. The molecule has 0 saturated heterocycles. The van der Waals surface area contributed by atoms with Crippen molar-refractivity contribution in [3.63, 3.8) is 0 Å². The van der Waals surface area contributed by atoms with Crippen LogP contribution in [0.1, 0.15) is 62.2 Å². The summed E-state index contributed by atoms with van der Waals surface area (Å²) in [6, 6.07) is 7.97. The fourth-order valence-corrected chi connectivity index (χ4v) is 3.67. The number of aromatic amines is 1. The Hall–Kier alpha value is -3.68. The average Bonchev–Trinajstić information content (AvgIpc) is 3.42. The van der Waals surface area contributed by atoms with Crippen molar-refractivity contribution in [2.75, 3.05) is 13.2 Å². The second-order valence-electron chi connectivity index (χ2n) is 7.43. The summed E-state index contributed by atoms with van der Waals surface area (Å²) in [4.78, 5) is 47.6. The van der Waals surface area contributed by atoms with Crippen molar-refractivity contribution in [1.29, 1.82) is 0 Å². The third kappa shape index (κ3) is 4.80. The van der Waals surface area contributed by atoms with Gasteiger partial charge in [0.25, 0.3) is 5.91 Å². The molecule has 0 aliphatic carbocycles. The lowest BCUT2D eigenvalue weighted by molar-refractivity contribution is 0.0518. The number of H-pyrrole nitrogens is 1. The molecule has 32 heavy (non-hydrogen) atoms. The maximum absolute atomic E-state index is 13.5. The molecule has 3 heterocycles. The molecule has 8 heteroatoms. The number of carbonyl (C=O) groups is 3. The number of furan rings is 1. The minimum atomic E-state index is -0.792. The summed E-state index contributed by atoms with van der Waals surface area (Å²) in [5, 5.41) is 0. The summed E-state index contributed by atoms with van der Waals surface area (Å²) in [6.45, 7) is 7.32. The van der Waals surface area contributed by atoms with E-state index in [9.17, 15) is 14.4 Å². The van der Waals surface area contributed by atoms with E-state index in [2.05, 4.69) is 9.97 Å². The number of pyridine rings is 1. The maximum Gasteiger partial charge on any atom is 0.355 e. The predicted molar refractivity (Wildman–Crippen MR) is 118 cm³/mol.